The molecule has 0 N–H and O–H groups in total. The van der Waals surface area contributed by atoms with Crippen molar-refractivity contribution in [3.63, 3.8) is 0 Å². The molecule has 3 rings (SSSR count). The molecule has 0 unspecified atom stereocenters. The number of benzene rings is 3. The summed E-state index contributed by atoms with van der Waals surface area (Å²) in [5.41, 5.74) is 2.78. The third-order valence-corrected chi connectivity index (χ3v) is 4.16. The van der Waals surface area contributed by atoms with Gasteiger partial charge in [-0.1, -0.05) is 72.8 Å². The molecule has 0 saturated carbocycles. The van der Waals surface area contributed by atoms with E-state index in [9.17, 15) is 4.79 Å². The molecule has 3 aromatic carbocycles. The van der Waals surface area contributed by atoms with Gasteiger partial charge >= 0.3 is 0 Å². The number of carbonyl (C=O) groups is 1. The van der Waals surface area contributed by atoms with Crippen molar-refractivity contribution < 1.29 is 14.3 Å². The zero-order chi connectivity index (χ0) is 18.9. The van der Waals surface area contributed by atoms with E-state index in [1.54, 1.807) is 31.4 Å². The van der Waals surface area contributed by atoms with E-state index in [4.69, 9.17) is 9.47 Å². The van der Waals surface area contributed by atoms with Crippen LogP contribution in [0.4, 0.5) is 0 Å². The van der Waals surface area contributed by atoms with Gasteiger partial charge < -0.3 is 9.47 Å². The highest BCUT2D eigenvalue weighted by Gasteiger charge is 2.06. The van der Waals surface area contributed by atoms with Gasteiger partial charge in [-0.2, -0.15) is 0 Å². The van der Waals surface area contributed by atoms with E-state index in [2.05, 4.69) is 12.1 Å². The average molecular weight is 358 g/mol. The molecule has 3 aromatic rings. The van der Waals surface area contributed by atoms with Crippen LogP contribution in [-0.2, 0) is 6.42 Å². The SMILES string of the molecule is COc1cc(/C=C/C(=O)c2ccccc2)ccc1OCCc1ccccc1. The molecule has 0 atom stereocenters. The highest BCUT2D eigenvalue weighted by atomic mass is 16.5. The average Bonchev–Trinajstić information content (AvgIpc) is 2.74. The lowest BCUT2D eigenvalue weighted by Crippen LogP contribution is -2.02. The van der Waals surface area contributed by atoms with E-state index >= 15 is 0 Å². The fourth-order valence-electron chi connectivity index (χ4n) is 2.70. The molecular formula is C24H22O3. The maximum absolute atomic E-state index is 12.2. The van der Waals surface area contributed by atoms with E-state index < -0.39 is 0 Å². The number of methoxy groups -OCH3 is 1. The largest absolute Gasteiger partial charge is 0.493 e. The maximum atomic E-state index is 12.2. The minimum atomic E-state index is -0.0299. The van der Waals surface area contributed by atoms with Crippen molar-refractivity contribution in [3.05, 3.63) is 102 Å². The lowest BCUT2D eigenvalue weighted by atomic mass is 10.1. The Morgan fingerprint density at radius 1 is 0.889 bits per heavy atom. The van der Waals surface area contributed by atoms with Gasteiger partial charge in [-0.05, 0) is 29.3 Å². The first kappa shape index (κ1) is 18.5. The fraction of sp³-hybridized carbons (Fsp3) is 0.125. The molecule has 3 nitrogen and oxygen atoms in total. The number of ketones is 1. The molecule has 0 saturated heterocycles. The summed E-state index contributed by atoms with van der Waals surface area (Å²) in [5, 5.41) is 0. The lowest BCUT2D eigenvalue weighted by molar-refractivity contribution is 0.104. The first-order chi connectivity index (χ1) is 13.3. The van der Waals surface area contributed by atoms with Crippen molar-refractivity contribution in [1.29, 1.82) is 0 Å². The Morgan fingerprint density at radius 3 is 2.30 bits per heavy atom. The van der Waals surface area contributed by atoms with Gasteiger partial charge in [0.15, 0.2) is 17.3 Å². The summed E-state index contributed by atoms with van der Waals surface area (Å²) in [7, 11) is 1.61. The summed E-state index contributed by atoms with van der Waals surface area (Å²) in [6, 6.07) is 25.1. The number of ether oxygens (including phenoxy) is 2. The molecule has 27 heavy (non-hydrogen) atoms. The molecule has 0 spiro atoms. The predicted molar refractivity (Wildman–Crippen MR) is 108 cm³/mol. The Hall–Kier alpha value is -3.33. The van der Waals surface area contributed by atoms with Crippen molar-refractivity contribution in [2.45, 2.75) is 6.42 Å². The molecule has 0 radical (unpaired) electrons. The van der Waals surface area contributed by atoms with Crippen LogP contribution in [0.15, 0.2) is 84.9 Å². The lowest BCUT2D eigenvalue weighted by Gasteiger charge is -2.11. The highest BCUT2D eigenvalue weighted by molar-refractivity contribution is 6.06. The van der Waals surface area contributed by atoms with Gasteiger partial charge in [-0.25, -0.2) is 0 Å². The molecule has 0 aromatic heterocycles. The molecule has 3 heteroatoms. The van der Waals surface area contributed by atoms with Crippen LogP contribution in [0.2, 0.25) is 0 Å². The van der Waals surface area contributed by atoms with Crippen LogP contribution < -0.4 is 9.47 Å². The van der Waals surface area contributed by atoms with Gasteiger partial charge in [0.25, 0.3) is 0 Å². The Kier molecular flexibility index (Phi) is 6.42. The van der Waals surface area contributed by atoms with Crippen molar-refractivity contribution in [1.82, 2.24) is 0 Å². The third-order valence-electron chi connectivity index (χ3n) is 4.16. The second kappa shape index (κ2) is 9.39. The van der Waals surface area contributed by atoms with Crippen LogP contribution >= 0.6 is 0 Å². The topological polar surface area (TPSA) is 35.5 Å². The minimum Gasteiger partial charge on any atom is -0.493 e. The summed E-state index contributed by atoms with van der Waals surface area (Å²) < 4.78 is 11.3. The van der Waals surface area contributed by atoms with Crippen molar-refractivity contribution >= 4 is 11.9 Å². The summed E-state index contributed by atoms with van der Waals surface area (Å²) in [5.74, 6) is 1.31. The monoisotopic (exact) mass is 358 g/mol. The Labute approximate surface area is 159 Å². The zero-order valence-electron chi connectivity index (χ0n) is 15.3. The first-order valence-electron chi connectivity index (χ1n) is 8.88. The van der Waals surface area contributed by atoms with Gasteiger partial charge in [-0.3, -0.25) is 4.79 Å². The number of hydrogen-bond donors (Lipinski definition) is 0. The maximum Gasteiger partial charge on any atom is 0.185 e. The molecule has 0 heterocycles. The van der Waals surface area contributed by atoms with Crippen molar-refractivity contribution in [3.8, 4) is 11.5 Å². The Bertz CT molecular complexity index is 899. The minimum absolute atomic E-state index is 0.0299. The van der Waals surface area contributed by atoms with Crippen LogP contribution in [0.25, 0.3) is 6.08 Å². The van der Waals surface area contributed by atoms with Crippen LogP contribution in [0.3, 0.4) is 0 Å². The van der Waals surface area contributed by atoms with Crippen LogP contribution in [0, 0.1) is 0 Å². The van der Waals surface area contributed by atoms with Crippen molar-refractivity contribution in [2.24, 2.45) is 0 Å². The summed E-state index contributed by atoms with van der Waals surface area (Å²) >= 11 is 0. The number of carbonyl (C=O) groups excluding carboxylic acids is 1. The van der Waals surface area contributed by atoms with E-state index in [0.29, 0.717) is 23.7 Å². The number of allylic oxidation sites excluding steroid dienone is 1. The van der Waals surface area contributed by atoms with Crippen LogP contribution in [0.1, 0.15) is 21.5 Å². The highest BCUT2D eigenvalue weighted by Crippen LogP contribution is 2.28. The quantitative estimate of drug-likeness (QED) is 0.409. The summed E-state index contributed by atoms with van der Waals surface area (Å²) in [4.78, 5) is 12.2. The summed E-state index contributed by atoms with van der Waals surface area (Å²) in [6.45, 7) is 0.571. The normalized spacial score (nSPS) is 10.7. The van der Waals surface area contributed by atoms with Crippen LogP contribution in [-0.4, -0.2) is 19.5 Å². The Morgan fingerprint density at radius 2 is 1.59 bits per heavy atom. The summed E-state index contributed by atoms with van der Waals surface area (Å²) in [6.07, 6.45) is 4.18. The van der Waals surface area contributed by atoms with E-state index in [1.165, 1.54) is 5.56 Å². The molecule has 0 amide bonds. The Balaban J connectivity index is 1.63. The van der Waals surface area contributed by atoms with Gasteiger partial charge in [0.05, 0.1) is 13.7 Å². The van der Waals surface area contributed by atoms with Crippen molar-refractivity contribution in [2.75, 3.05) is 13.7 Å². The number of rotatable bonds is 8. The standard InChI is InChI=1S/C24H22O3/c1-26-24-18-20(12-14-22(25)21-10-6-3-7-11-21)13-15-23(24)27-17-16-19-8-4-2-5-9-19/h2-15,18H,16-17H2,1H3/b14-12+. The second-order valence-electron chi connectivity index (χ2n) is 6.06. The van der Waals surface area contributed by atoms with Gasteiger partial charge in [-0.15, -0.1) is 0 Å². The molecular weight excluding hydrogens is 336 g/mol. The van der Waals surface area contributed by atoms with Gasteiger partial charge in [0, 0.05) is 12.0 Å². The molecule has 136 valence electrons. The molecule has 0 fully saturated rings. The second-order valence-corrected chi connectivity index (χ2v) is 6.06. The number of hydrogen-bond acceptors (Lipinski definition) is 3. The predicted octanol–water partition coefficient (Wildman–Crippen LogP) is 5.21. The molecule has 0 aliphatic heterocycles. The zero-order valence-corrected chi connectivity index (χ0v) is 15.3. The van der Waals surface area contributed by atoms with E-state index in [0.717, 1.165) is 12.0 Å². The third kappa shape index (κ3) is 5.32. The van der Waals surface area contributed by atoms with E-state index in [1.807, 2.05) is 54.6 Å². The van der Waals surface area contributed by atoms with Crippen LogP contribution in [0.5, 0.6) is 11.5 Å². The van der Waals surface area contributed by atoms with Gasteiger partial charge in [0.2, 0.25) is 0 Å². The molecule has 0 aliphatic carbocycles. The smallest absolute Gasteiger partial charge is 0.185 e. The van der Waals surface area contributed by atoms with Gasteiger partial charge in [0.1, 0.15) is 0 Å². The molecule has 0 bridgehead atoms. The first-order valence-corrected chi connectivity index (χ1v) is 8.88. The molecule has 0 aliphatic rings. The van der Waals surface area contributed by atoms with E-state index in [-0.39, 0.29) is 5.78 Å². The fourth-order valence-corrected chi connectivity index (χ4v) is 2.70.